The maximum Gasteiger partial charge on any atom is 0.416 e. The molecule has 0 aliphatic heterocycles. The first-order valence-electron chi connectivity index (χ1n) is 13.6. The van der Waals surface area contributed by atoms with E-state index in [0.717, 1.165) is 31.4 Å². The van der Waals surface area contributed by atoms with Crippen molar-refractivity contribution in [1.29, 1.82) is 0 Å². The fourth-order valence-corrected chi connectivity index (χ4v) is 7.91. The second-order valence-electron chi connectivity index (χ2n) is 11.9. The van der Waals surface area contributed by atoms with Crippen LogP contribution in [0.15, 0.2) is 42.5 Å². The van der Waals surface area contributed by atoms with Crippen LogP contribution in [0.5, 0.6) is 11.5 Å². The molecule has 7 rings (SSSR count). The summed E-state index contributed by atoms with van der Waals surface area (Å²) in [6.45, 7) is 0. The fourth-order valence-electron chi connectivity index (χ4n) is 7.91. The Hall–Kier alpha value is -2.50. The molecule has 2 aromatic carbocycles. The third kappa shape index (κ3) is 4.64. The number of carbonyl (C=O) groups excluding carboxylic acids is 1. The molecule has 192 valence electrons. The lowest BCUT2D eigenvalue weighted by molar-refractivity contribution is -0.140. The molecular weight excluding hydrogens is 463 g/mol. The van der Waals surface area contributed by atoms with Gasteiger partial charge in [0.1, 0.15) is 5.75 Å². The summed E-state index contributed by atoms with van der Waals surface area (Å²) >= 11 is 0. The maximum absolute atomic E-state index is 13.6. The average molecular weight is 498 g/mol. The molecular formula is C30H34F3NO2. The summed E-state index contributed by atoms with van der Waals surface area (Å²) in [4.78, 5) is 13.6. The Kier molecular flexibility index (Phi) is 6.04. The zero-order valence-corrected chi connectivity index (χ0v) is 20.6. The standard InChI is InChI=1S/C30H34F3NO2/c31-30(32,33)24-8-11-27(36-25-9-6-23(7-10-25)22-4-2-1-3-5-22)26(15-24)34-28(35)29-16-19-12-20(17-29)14-21(13-19)18-29/h6-11,15,19-22H,1-5,12-14,16-18H2,(H,34,35). The van der Waals surface area contributed by atoms with Crippen LogP contribution in [-0.4, -0.2) is 5.91 Å². The largest absolute Gasteiger partial charge is 0.455 e. The quantitative estimate of drug-likeness (QED) is 0.449. The van der Waals surface area contributed by atoms with Crippen molar-refractivity contribution in [2.24, 2.45) is 23.2 Å². The first kappa shape index (κ1) is 23.9. The molecule has 0 radical (unpaired) electrons. The van der Waals surface area contributed by atoms with Gasteiger partial charge in [0.2, 0.25) is 5.91 Å². The van der Waals surface area contributed by atoms with E-state index in [1.54, 1.807) is 0 Å². The molecule has 0 aromatic heterocycles. The van der Waals surface area contributed by atoms with Gasteiger partial charge in [-0.15, -0.1) is 0 Å². The molecule has 2 aromatic rings. The summed E-state index contributed by atoms with van der Waals surface area (Å²) in [6.07, 6.45) is 7.82. The maximum atomic E-state index is 13.6. The van der Waals surface area contributed by atoms with E-state index in [4.69, 9.17) is 4.74 Å². The van der Waals surface area contributed by atoms with Crippen LogP contribution in [0.3, 0.4) is 0 Å². The molecule has 1 N–H and O–H groups in total. The smallest absolute Gasteiger partial charge is 0.416 e. The minimum absolute atomic E-state index is 0.0990. The van der Waals surface area contributed by atoms with Gasteiger partial charge in [-0.2, -0.15) is 13.2 Å². The van der Waals surface area contributed by atoms with Crippen molar-refractivity contribution < 1.29 is 22.7 Å². The molecule has 1 amide bonds. The number of hydrogen-bond acceptors (Lipinski definition) is 2. The molecule has 0 spiro atoms. The van der Waals surface area contributed by atoms with Crippen LogP contribution in [0.2, 0.25) is 0 Å². The second-order valence-corrected chi connectivity index (χ2v) is 11.9. The number of alkyl halides is 3. The lowest BCUT2D eigenvalue weighted by atomic mass is 9.49. The number of benzene rings is 2. The highest BCUT2D eigenvalue weighted by atomic mass is 19.4. The van der Waals surface area contributed by atoms with Crippen LogP contribution in [-0.2, 0) is 11.0 Å². The number of halogens is 3. The van der Waals surface area contributed by atoms with Crippen LogP contribution < -0.4 is 10.1 Å². The molecule has 5 saturated carbocycles. The van der Waals surface area contributed by atoms with Crippen molar-refractivity contribution in [2.45, 2.75) is 82.7 Å². The Morgan fingerprint density at radius 3 is 2.06 bits per heavy atom. The highest BCUT2D eigenvalue weighted by molar-refractivity contribution is 5.97. The lowest BCUT2D eigenvalue weighted by Gasteiger charge is -2.55. The Morgan fingerprint density at radius 1 is 0.861 bits per heavy atom. The van der Waals surface area contributed by atoms with Gasteiger partial charge in [0.05, 0.1) is 16.7 Å². The van der Waals surface area contributed by atoms with Crippen molar-refractivity contribution in [3.8, 4) is 11.5 Å². The third-order valence-corrected chi connectivity index (χ3v) is 9.26. The minimum atomic E-state index is -4.50. The third-order valence-electron chi connectivity index (χ3n) is 9.26. The monoisotopic (exact) mass is 497 g/mol. The molecule has 5 aliphatic carbocycles. The molecule has 4 bridgehead atoms. The molecule has 3 nitrogen and oxygen atoms in total. The zero-order valence-electron chi connectivity index (χ0n) is 20.6. The van der Waals surface area contributed by atoms with Gasteiger partial charge in [-0.05, 0) is 111 Å². The summed E-state index contributed by atoms with van der Waals surface area (Å²) in [7, 11) is 0. The van der Waals surface area contributed by atoms with Crippen molar-refractivity contribution >= 4 is 11.6 Å². The van der Waals surface area contributed by atoms with E-state index in [-0.39, 0.29) is 17.3 Å². The molecule has 0 atom stereocenters. The van der Waals surface area contributed by atoms with Crippen LogP contribution >= 0.6 is 0 Å². The van der Waals surface area contributed by atoms with E-state index in [0.29, 0.717) is 29.4 Å². The SMILES string of the molecule is O=C(Nc1cc(C(F)(F)F)ccc1Oc1ccc(C2CCCCC2)cc1)C12CC3CC(CC(C3)C1)C2. The van der Waals surface area contributed by atoms with E-state index in [2.05, 4.69) is 17.4 Å². The molecule has 5 fully saturated rings. The number of anilines is 1. The summed E-state index contributed by atoms with van der Waals surface area (Å²) < 4.78 is 46.7. The van der Waals surface area contributed by atoms with E-state index in [1.807, 2.05) is 12.1 Å². The van der Waals surface area contributed by atoms with Gasteiger partial charge in [-0.1, -0.05) is 31.4 Å². The Bertz CT molecular complexity index is 1080. The molecule has 5 aliphatic rings. The van der Waals surface area contributed by atoms with Crippen LogP contribution in [0, 0.1) is 23.2 Å². The fraction of sp³-hybridized carbons (Fsp3) is 0.567. The number of rotatable bonds is 5. The number of carbonyl (C=O) groups is 1. The van der Waals surface area contributed by atoms with Gasteiger partial charge in [0.15, 0.2) is 5.75 Å². The van der Waals surface area contributed by atoms with Crippen molar-refractivity contribution in [2.75, 3.05) is 5.32 Å². The lowest BCUT2D eigenvalue weighted by Crippen LogP contribution is -2.51. The number of hydrogen-bond donors (Lipinski definition) is 1. The summed E-state index contributed by atoms with van der Waals surface area (Å²) in [5, 5.41) is 2.90. The van der Waals surface area contributed by atoms with E-state index in [9.17, 15) is 18.0 Å². The zero-order chi connectivity index (χ0) is 24.9. The minimum Gasteiger partial charge on any atom is -0.455 e. The van der Waals surface area contributed by atoms with Crippen molar-refractivity contribution in [3.05, 3.63) is 53.6 Å². The Labute approximate surface area is 210 Å². The average Bonchev–Trinajstić information content (AvgIpc) is 2.84. The first-order chi connectivity index (χ1) is 17.3. The van der Waals surface area contributed by atoms with Gasteiger partial charge in [0, 0.05) is 0 Å². The topological polar surface area (TPSA) is 38.3 Å². The first-order valence-corrected chi connectivity index (χ1v) is 13.6. The Balaban J connectivity index is 1.24. The highest BCUT2D eigenvalue weighted by Crippen LogP contribution is 2.60. The summed E-state index contributed by atoms with van der Waals surface area (Å²) in [6, 6.07) is 11.2. The molecule has 0 heterocycles. The number of amides is 1. The van der Waals surface area contributed by atoms with Gasteiger partial charge in [0.25, 0.3) is 0 Å². The molecule has 0 saturated heterocycles. The van der Waals surface area contributed by atoms with E-state index < -0.39 is 17.2 Å². The predicted molar refractivity (Wildman–Crippen MR) is 133 cm³/mol. The molecule has 36 heavy (non-hydrogen) atoms. The van der Waals surface area contributed by atoms with Gasteiger partial charge in [-0.25, -0.2) is 0 Å². The Morgan fingerprint density at radius 2 is 1.47 bits per heavy atom. The van der Waals surface area contributed by atoms with Crippen molar-refractivity contribution in [3.63, 3.8) is 0 Å². The van der Waals surface area contributed by atoms with Crippen LogP contribution in [0.1, 0.15) is 87.7 Å². The molecule has 6 heteroatoms. The van der Waals surface area contributed by atoms with E-state index in [1.165, 1.54) is 63.0 Å². The van der Waals surface area contributed by atoms with Gasteiger partial charge >= 0.3 is 6.18 Å². The predicted octanol–water partition coefficient (Wildman–Crippen LogP) is 8.70. The number of nitrogens with one attached hydrogen (secondary N) is 1. The van der Waals surface area contributed by atoms with E-state index >= 15 is 0 Å². The van der Waals surface area contributed by atoms with Gasteiger partial charge < -0.3 is 10.1 Å². The normalized spacial score (nSPS) is 29.8. The van der Waals surface area contributed by atoms with Gasteiger partial charge in [-0.3, -0.25) is 4.79 Å². The van der Waals surface area contributed by atoms with Crippen LogP contribution in [0.4, 0.5) is 18.9 Å². The second kappa shape index (κ2) is 9.11. The number of ether oxygens (including phenoxy) is 1. The van der Waals surface area contributed by atoms with Crippen molar-refractivity contribution in [1.82, 2.24) is 0 Å². The summed E-state index contributed by atoms with van der Waals surface area (Å²) in [5.41, 5.74) is 0.136. The highest BCUT2D eigenvalue weighted by Gasteiger charge is 2.54. The van der Waals surface area contributed by atoms with Crippen LogP contribution in [0.25, 0.3) is 0 Å². The summed E-state index contributed by atoms with van der Waals surface area (Å²) in [5.74, 6) is 2.93. The molecule has 0 unspecified atom stereocenters.